The van der Waals surface area contributed by atoms with Gasteiger partial charge in [-0.1, -0.05) is 6.07 Å². The molecule has 13 heteroatoms. The molecule has 1 saturated carbocycles. The van der Waals surface area contributed by atoms with Crippen LogP contribution in [0.15, 0.2) is 55.1 Å². The third-order valence-corrected chi connectivity index (χ3v) is 6.71. The molecule has 12 nitrogen and oxygen atoms in total. The van der Waals surface area contributed by atoms with Crippen molar-refractivity contribution in [1.82, 2.24) is 29.5 Å². The Morgan fingerprint density at radius 2 is 1.90 bits per heavy atom. The highest BCUT2D eigenvalue weighted by molar-refractivity contribution is 6.03. The number of halogens is 1. The number of anilines is 4. The summed E-state index contributed by atoms with van der Waals surface area (Å²) in [6.45, 7) is 0.0123. The van der Waals surface area contributed by atoms with E-state index in [1.165, 1.54) is 23.0 Å². The molecule has 0 aliphatic heterocycles. The van der Waals surface area contributed by atoms with E-state index < -0.39 is 17.7 Å². The lowest BCUT2D eigenvalue weighted by Gasteiger charge is -2.34. The predicted octanol–water partition coefficient (Wildman–Crippen LogP) is 3.39. The molecule has 4 aromatic rings. The van der Waals surface area contributed by atoms with Crippen LogP contribution in [0.3, 0.4) is 0 Å². The molecule has 1 fully saturated rings. The molecule has 4 heterocycles. The van der Waals surface area contributed by atoms with Crippen molar-refractivity contribution < 1.29 is 19.1 Å². The number of aliphatic carboxylic acids is 1. The van der Waals surface area contributed by atoms with Crippen LogP contribution < -0.4 is 16.0 Å². The Morgan fingerprint density at radius 1 is 1.08 bits per heavy atom. The summed E-state index contributed by atoms with van der Waals surface area (Å²) in [7, 11) is 1.83. The normalized spacial score (nSPS) is 17.2. The van der Waals surface area contributed by atoms with Gasteiger partial charge in [-0.25, -0.2) is 18.9 Å². The van der Waals surface area contributed by atoms with Crippen LogP contribution in [0.4, 0.5) is 27.4 Å². The molecule has 4 aromatic heterocycles. The Bertz CT molecular complexity index is 1470. The first kappa shape index (κ1) is 26.0. The summed E-state index contributed by atoms with van der Waals surface area (Å²) in [4.78, 5) is 38.5. The van der Waals surface area contributed by atoms with Gasteiger partial charge in [-0.05, 0) is 50.9 Å². The quantitative estimate of drug-likeness (QED) is 0.252. The molecule has 0 bridgehead atoms. The van der Waals surface area contributed by atoms with Crippen molar-refractivity contribution >= 4 is 40.5 Å². The third kappa shape index (κ3) is 6.09. The van der Waals surface area contributed by atoms with Gasteiger partial charge in [0.05, 0.1) is 30.3 Å². The fourth-order valence-electron chi connectivity index (χ4n) is 4.74. The number of hydrogen-bond acceptors (Lipinski definition) is 9. The molecule has 0 atom stereocenters. The van der Waals surface area contributed by atoms with Crippen molar-refractivity contribution in [2.75, 3.05) is 29.5 Å². The summed E-state index contributed by atoms with van der Waals surface area (Å²) < 4.78 is 15.5. The Balaban J connectivity index is 1.40. The minimum Gasteiger partial charge on any atom is -0.480 e. The number of hydrogen-bond donors (Lipinski definition) is 4. The second kappa shape index (κ2) is 11.4. The fourth-order valence-corrected chi connectivity index (χ4v) is 4.74. The zero-order valence-corrected chi connectivity index (χ0v) is 21.2. The van der Waals surface area contributed by atoms with Crippen LogP contribution in [0.25, 0.3) is 5.65 Å². The first-order chi connectivity index (χ1) is 18.9. The summed E-state index contributed by atoms with van der Waals surface area (Å²) in [5.74, 6) is -0.966. The molecule has 0 saturated heterocycles. The summed E-state index contributed by atoms with van der Waals surface area (Å²) in [6.07, 6.45) is 8.80. The number of nitrogens with one attached hydrogen (secondary N) is 3. The number of nitrogens with zero attached hydrogens (tertiary/aromatic N) is 6. The lowest BCUT2D eigenvalue weighted by molar-refractivity contribution is -0.138. The van der Waals surface area contributed by atoms with Crippen LogP contribution in [0.1, 0.15) is 36.2 Å². The van der Waals surface area contributed by atoms with E-state index in [0.717, 1.165) is 31.9 Å². The summed E-state index contributed by atoms with van der Waals surface area (Å²) in [6, 6.07) is 8.95. The maximum Gasteiger partial charge on any atom is 0.317 e. The maximum absolute atomic E-state index is 14.1. The topological polar surface area (TPSA) is 150 Å². The Kier molecular flexibility index (Phi) is 7.59. The largest absolute Gasteiger partial charge is 0.480 e. The van der Waals surface area contributed by atoms with Gasteiger partial charge in [0.25, 0.3) is 5.91 Å². The van der Waals surface area contributed by atoms with Crippen LogP contribution in [-0.2, 0) is 4.79 Å². The highest BCUT2D eigenvalue weighted by Gasteiger charge is 2.26. The Labute approximate surface area is 223 Å². The average molecular weight is 534 g/mol. The number of pyridine rings is 2. The SMILES string of the molecule is CN(CC(=O)O)C1CCC(Nc2cc(Nc3ccccn3)c3ncc(C(=O)Nc4ccncc4F)n3n2)CC1. The molecule has 1 aliphatic rings. The molecule has 0 unspecified atom stereocenters. The van der Waals surface area contributed by atoms with Crippen LogP contribution in [0.5, 0.6) is 0 Å². The van der Waals surface area contributed by atoms with Crippen LogP contribution in [0, 0.1) is 5.82 Å². The van der Waals surface area contributed by atoms with E-state index in [4.69, 9.17) is 5.11 Å². The zero-order chi connectivity index (χ0) is 27.4. The third-order valence-electron chi connectivity index (χ3n) is 6.71. The number of carboxylic acid groups (broad SMARTS) is 1. The van der Waals surface area contributed by atoms with Gasteiger partial charge in [0.2, 0.25) is 0 Å². The Morgan fingerprint density at radius 3 is 2.62 bits per heavy atom. The number of rotatable bonds is 9. The smallest absolute Gasteiger partial charge is 0.317 e. The molecule has 39 heavy (non-hydrogen) atoms. The minimum absolute atomic E-state index is 0.00399. The lowest BCUT2D eigenvalue weighted by Crippen LogP contribution is -2.40. The van der Waals surface area contributed by atoms with E-state index in [2.05, 4.69) is 36.0 Å². The van der Waals surface area contributed by atoms with Gasteiger partial charge in [0.1, 0.15) is 11.6 Å². The Hall–Kier alpha value is -4.65. The van der Waals surface area contributed by atoms with Crippen molar-refractivity contribution in [2.45, 2.75) is 37.8 Å². The number of aromatic nitrogens is 5. The molecule has 0 spiro atoms. The molecule has 1 aliphatic carbocycles. The fraction of sp³-hybridized carbons (Fsp3) is 0.308. The van der Waals surface area contributed by atoms with E-state index in [0.29, 0.717) is 23.0 Å². The molecular formula is C26H28FN9O3. The van der Waals surface area contributed by atoms with Crippen LogP contribution >= 0.6 is 0 Å². The van der Waals surface area contributed by atoms with E-state index in [9.17, 15) is 14.0 Å². The number of carboxylic acids is 1. The molecule has 5 rings (SSSR count). The van der Waals surface area contributed by atoms with E-state index in [1.54, 1.807) is 12.3 Å². The molecule has 202 valence electrons. The van der Waals surface area contributed by atoms with Gasteiger partial charge < -0.3 is 21.1 Å². The van der Waals surface area contributed by atoms with Gasteiger partial charge in [0, 0.05) is 30.5 Å². The van der Waals surface area contributed by atoms with Gasteiger partial charge in [-0.3, -0.25) is 19.5 Å². The summed E-state index contributed by atoms with van der Waals surface area (Å²) in [5, 5.41) is 23.0. The number of fused-ring (bicyclic) bond motifs is 1. The van der Waals surface area contributed by atoms with Gasteiger partial charge in [0.15, 0.2) is 17.2 Å². The number of likely N-dealkylation sites (N-methyl/N-ethyl adjacent to an activating group) is 1. The summed E-state index contributed by atoms with van der Waals surface area (Å²) in [5.41, 5.74) is 1.09. The lowest BCUT2D eigenvalue weighted by atomic mass is 9.90. The van der Waals surface area contributed by atoms with Crippen molar-refractivity contribution in [1.29, 1.82) is 0 Å². The number of carbonyl (C=O) groups is 2. The van der Waals surface area contributed by atoms with E-state index >= 15 is 0 Å². The van der Waals surface area contributed by atoms with Crippen molar-refractivity contribution in [3.63, 3.8) is 0 Å². The molecular weight excluding hydrogens is 505 g/mol. The molecule has 0 radical (unpaired) electrons. The summed E-state index contributed by atoms with van der Waals surface area (Å²) >= 11 is 0. The number of imidazole rings is 1. The zero-order valence-electron chi connectivity index (χ0n) is 21.2. The standard InChI is InChI=1S/C26H28FN9O3/c1-35(15-24(37)38)17-7-5-16(6-8-17)31-23-12-20(32-22-4-2-3-10-29-22)25-30-14-21(36(25)34-23)26(39)33-19-9-11-28-13-18(19)27/h2-4,9-14,16-17H,5-8,15H2,1H3,(H,29,32)(H,31,34)(H,37,38)(H,28,33,39). The highest BCUT2D eigenvalue weighted by atomic mass is 19.1. The van der Waals surface area contributed by atoms with Gasteiger partial charge in [-0.2, -0.15) is 0 Å². The molecule has 4 N–H and O–H groups in total. The highest BCUT2D eigenvalue weighted by Crippen LogP contribution is 2.28. The second-order valence-corrected chi connectivity index (χ2v) is 9.43. The van der Waals surface area contributed by atoms with E-state index in [1.807, 2.05) is 30.1 Å². The first-order valence-corrected chi connectivity index (χ1v) is 12.5. The molecule has 1 amide bonds. The molecule has 0 aromatic carbocycles. The van der Waals surface area contributed by atoms with E-state index in [-0.39, 0.29) is 30.0 Å². The monoisotopic (exact) mass is 533 g/mol. The van der Waals surface area contributed by atoms with Crippen molar-refractivity contribution in [3.8, 4) is 0 Å². The average Bonchev–Trinajstić information content (AvgIpc) is 3.35. The van der Waals surface area contributed by atoms with Crippen molar-refractivity contribution in [2.24, 2.45) is 0 Å². The first-order valence-electron chi connectivity index (χ1n) is 12.5. The van der Waals surface area contributed by atoms with Crippen LogP contribution in [-0.4, -0.2) is 72.1 Å². The predicted molar refractivity (Wildman–Crippen MR) is 143 cm³/mol. The maximum atomic E-state index is 14.1. The van der Waals surface area contributed by atoms with Gasteiger partial charge >= 0.3 is 5.97 Å². The van der Waals surface area contributed by atoms with Gasteiger partial charge in [-0.15, -0.1) is 5.10 Å². The number of amides is 1. The van der Waals surface area contributed by atoms with Crippen LogP contribution in [0.2, 0.25) is 0 Å². The number of carbonyl (C=O) groups excluding carboxylic acids is 1. The second-order valence-electron chi connectivity index (χ2n) is 9.43. The minimum atomic E-state index is -0.838. The van der Waals surface area contributed by atoms with Crippen molar-refractivity contribution in [3.05, 3.63) is 66.6 Å².